The highest BCUT2D eigenvalue weighted by atomic mass is 35.5. The molecule has 0 unspecified atom stereocenters. The third kappa shape index (κ3) is 12.6. The molecule has 8 rings (SSSR count). The summed E-state index contributed by atoms with van der Waals surface area (Å²) in [7, 11) is 0. The molecule has 6 nitrogen and oxygen atoms in total. The Morgan fingerprint density at radius 1 is 0.561 bits per heavy atom. The number of hydrogen-bond donors (Lipinski definition) is 3. The average Bonchev–Trinajstić information content (AvgIpc) is 3.18. The lowest BCUT2D eigenvalue weighted by molar-refractivity contribution is 0.304. The number of nitrogens with zero attached hydrogens (tertiary/aromatic N) is 3. The number of anilines is 1. The number of pyridine rings is 2. The second kappa shape index (κ2) is 19.3. The molecular weight excluding hydrogens is 767 g/mol. The maximum Gasteiger partial charge on any atom is 0.0730 e. The van der Waals surface area contributed by atoms with Gasteiger partial charge in [-0.25, -0.2) is 9.97 Å². The number of piperidine rings is 2. The quantitative estimate of drug-likeness (QED) is 0.161. The van der Waals surface area contributed by atoms with Crippen LogP contribution in [0, 0.1) is 0 Å². The number of benzene rings is 4. The van der Waals surface area contributed by atoms with E-state index in [1.165, 1.54) is 37.0 Å². The highest BCUT2D eigenvalue weighted by Crippen LogP contribution is 2.33. The molecule has 0 radical (unpaired) electrons. The first kappa shape index (κ1) is 42.8. The first-order valence-corrected chi connectivity index (χ1v) is 21.3. The molecule has 0 spiro atoms. The number of nitrogens with one attached hydrogen (secondary N) is 3. The van der Waals surface area contributed by atoms with Crippen LogP contribution in [0.1, 0.15) is 67.2 Å². The van der Waals surface area contributed by atoms with Gasteiger partial charge in [0.2, 0.25) is 0 Å². The van der Waals surface area contributed by atoms with Crippen LogP contribution in [0.4, 0.5) is 5.69 Å². The van der Waals surface area contributed by atoms with E-state index >= 15 is 0 Å². The van der Waals surface area contributed by atoms with Gasteiger partial charge in [0.1, 0.15) is 0 Å². The molecule has 6 aromatic rings. The van der Waals surface area contributed by atoms with Gasteiger partial charge in [-0.05, 0) is 129 Å². The van der Waals surface area contributed by atoms with E-state index in [0.29, 0.717) is 16.1 Å². The molecule has 2 saturated heterocycles. The number of aromatic nitrogens is 2. The van der Waals surface area contributed by atoms with Gasteiger partial charge in [0.25, 0.3) is 0 Å². The first-order valence-electron chi connectivity index (χ1n) is 20.2. The Morgan fingerprint density at radius 2 is 1.00 bits per heavy atom. The zero-order chi connectivity index (χ0) is 40.6. The Morgan fingerprint density at radius 3 is 1.51 bits per heavy atom. The number of rotatable bonds is 5. The fourth-order valence-electron chi connectivity index (χ4n) is 7.54. The van der Waals surface area contributed by atoms with E-state index in [1.807, 2.05) is 78.9 Å². The van der Waals surface area contributed by atoms with Crippen LogP contribution in [-0.4, -0.2) is 59.3 Å². The van der Waals surface area contributed by atoms with Gasteiger partial charge in [-0.15, -0.1) is 0 Å². The van der Waals surface area contributed by atoms with Crippen molar-refractivity contribution in [2.45, 2.75) is 90.4 Å². The van der Waals surface area contributed by atoms with Crippen LogP contribution in [0.15, 0.2) is 109 Å². The standard InChI is InChI=1S/C24H28ClN3.C15H9Cl2N.C9H20N2/c1-24(2,3)27-19-12-14-28(15-13-19)23-16-22(17-8-10-18(25)11-9-17)26-21-7-5-4-6-20(21)23;16-11-7-5-10(6-8-11)15-9-13(17)12-3-1-2-4-14(12)18-15;1-9(2,3)11-8-4-6-10-7-5-8/h4-11,16,19,27H,12-15H2,1-3H3;1-9H;8,10-11H,4-7H2,1-3H3. The lowest BCUT2D eigenvalue weighted by Crippen LogP contribution is -2.49. The molecule has 300 valence electrons. The van der Waals surface area contributed by atoms with E-state index in [4.69, 9.17) is 39.8 Å². The van der Waals surface area contributed by atoms with E-state index in [1.54, 1.807) is 0 Å². The van der Waals surface area contributed by atoms with Gasteiger partial charge >= 0.3 is 0 Å². The second-order valence-corrected chi connectivity index (χ2v) is 18.4. The zero-order valence-corrected chi connectivity index (χ0v) is 36.4. The Bertz CT molecular complexity index is 2200. The minimum atomic E-state index is 0.165. The molecule has 4 heterocycles. The molecule has 0 atom stereocenters. The van der Waals surface area contributed by atoms with Crippen molar-refractivity contribution in [3.8, 4) is 22.5 Å². The summed E-state index contributed by atoms with van der Waals surface area (Å²) in [6.45, 7) is 17.9. The number of halogens is 3. The molecule has 3 N–H and O–H groups in total. The summed E-state index contributed by atoms with van der Waals surface area (Å²) in [6, 6.07) is 37.2. The molecule has 2 aliphatic heterocycles. The van der Waals surface area contributed by atoms with Crippen LogP contribution in [-0.2, 0) is 0 Å². The Hall–Kier alpha value is -3.75. The predicted molar refractivity (Wildman–Crippen MR) is 246 cm³/mol. The van der Waals surface area contributed by atoms with E-state index < -0.39 is 0 Å². The molecule has 9 heteroatoms. The molecule has 4 aromatic carbocycles. The third-order valence-electron chi connectivity index (χ3n) is 10.1. The SMILES string of the molecule is CC(C)(C)NC1CCN(c2cc(-c3ccc(Cl)cc3)nc3ccccc23)CC1.CC(C)(C)NC1CCNCC1.Clc1ccc(-c2cc(Cl)c3ccccc3n2)cc1. The molecular formula is C48H57Cl3N6. The van der Waals surface area contributed by atoms with E-state index in [2.05, 4.69) is 97.7 Å². The molecule has 2 aliphatic rings. The number of fused-ring (bicyclic) bond motifs is 2. The molecule has 2 fully saturated rings. The molecule has 2 aromatic heterocycles. The van der Waals surface area contributed by atoms with Crippen molar-refractivity contribution in [2.75, 3.05) is 31.1 Å². The van der Waals surface area contributed by atoms with Gasteiger partial charge in [0, 0.05) is 73.9 Å². The summed E-state index contributed by atoms with van der Waals surface area (Å²) in [5.41, 5.74) is 7.63. The van der Waals surface area contributed by atoms with Gasteiger partial charge in [0.15, 0.2) is 0 Å². The van der Waals surface area contributed by atoms with Crippen LogP contribution in [0.2, 0.25) is 15.1 Å². The van der Waals surface area contributed by atoms with Crippen molar-refractivity contribution in [1.29, 1.82) is 0 Å². The molecule has 0 saturated carbocycles. The summed E-state index contributed by atoms with van der Waals surface area (Å²) < 4.78 is 0. The predicted octanol–water partition coefficient (Wildman–Crippen LogP) is 12.2. The van der Waals surface area contributed by atoms with E-state index in [0.717, 1.165) is 75.9 Å². The van der Waals surface area contributed by atoms with Crippen molar-refractivity contribution < 1.29 is 0 Å². The largest absolute Gasteiger partial charge is 0.371 e. The average molecular weight is 824 g/mol. The summed E-state index contributed by atoms with van der Waals surface area (Å²) in [5, 5.41) is 15.1. The van der Waals surface area contributed by atoms with E-state index in [-0.39, 0.29) is 11.1 Å². The summed E-state index contributed by atoms with van der Waals surface area (Å²) >= 11 is 18.2. The molecule has 0 aliphatic carbocycles. The minimum Gasteiger partial charge on any atom is -0.371 e. The lowest BCUT2D eigenvalue weighted by Gasteiger charge is -2.37. The highest BCUT2D eigenvalue weighted by molar-refractivity contribution is 6.35. The highest BCUT2D eigenvalue weighted by Gasteiger charge is 2.24. The lowest BCUT2D eigenvalue weighted by atomic mass is 9.98. The Balaban J connectivity index is 0.000000161. The number of hydrogen-bond acceptors (Lipinski definition) is 6. The fourth-order valence-corrected chi connectivity index (χ4v) is 8.06. The van der Waals surface area contributed by atoms with Crippen molar-refractivity contribution in [1.82, 2.24) is 25.9 Å². The normalized spacial score (nSPS) is 15.5. The Kier molecular flexibility index (Phi) is 14.5. The van der Waals surface area contributed by atoms with Gasteiger partial charge in [-0.3, -0.25) is 0 Å². The fraction of sp³-hybridized carbons (Fsp3) is 0.375. The first-order chi connectivity index (χ1) is 27.2. The van der Waals surface area contributed by atoms with Gasteiger partial charge in [-0.2, -0.15) is 0 Å². The molecule has 0 bridgehead atoms. The second-order valence-electron chi connectivity index (χ2n) is 17.1. The Labute approximate surface area is 354 Å². The van der Waals surface area contributed by atoms with Crippen molar-refractivity contribution in [3.05, 3.63) is 124 Å². The monoisotopic (exact) mass is 822 g/mol. The van der Waals surface area contributed by atoms with Crippen molar-refractivity contribution >= 4 is 62.3 Å². The van der Waals surface area contributed by atoms with Crippen LogP contribution >= 0.6 is 34.8 Å². The summed E-state index contributed by atoms with van der Waals surface area (Å²) in [6.07, 6.45) is 4.86. The van der Waals surface area contributed by atoms with Gasteiger partial charge in [-0.1, -0.05) is 95.5 Å². The van der Waals surface area contributed by atoms with Crippen molar-refractivity contribution in [2.24, 2.45) is 0 Å². The van der Waals surface area contributed by atoms with Gasteiger partial charge in [0.05, 0.1) is 27.4 Å². The van der Waals surface area contributed by atoms with Crippen LogP contribution in [0.5, 0.6) is 0 Å². The zero-order valence-electron chi connectivity index (χ0n) is 34.2. The molecule has 57 heavy (non-hydrogen) atoms. The summed E-state index contributed by atoms with van der Waals surface area (Å²) in [5.74, 6) is 0. The maximum absolute atomic E-state index is 6.28. The third-order valence-corrected chi connectivity index (χ3v) is 10.9. The molecule has 0 amide bonds. The number of para-hydroxylation sites is 2. The van der Waals surface area contributed by atoms with Crippen molar-refractivity contribution in [3.63, 3.8) is 0 Å². The topological polar surface area (TPSA) is 65.1 Å². The smallest absolute Gasteiger partial charge is 0.0730 e. The van der Waals surface area contributed by atoms with E-state index in [9.17, 15) is 0 Å². The maximum atomic E-state index is 6.28. The minimum absolute atomic E-state index is 0.165. The van der Waals surface area contributed by atoms with Crippen LogP contribution in [0.25, 0.3) is 44.3 Å². The van der Waals surface area contributed by atoms with Gasteiger partial charge < -0.3 is 20.9 Å². The van der Waals surface area contributed by atoms with Crippen LogP contribution < -0.4 is 20.9 Å². The van der Waals surface area contributed by atoms with Crippen LogP contribution in [0.3, 0.4) is 0 Å². The summed E-state index contributed by atoms with van der Waals surface area (Å²) in [4.78, 5) is 12.0.